The predicted octanol–water partition coefficient (Wildman–Crippen LogP) is 2.26. The SMILES string of the molecule is CCC(=O)Cc1ccc(F)cc1[N+](=O)[O-]. The summed E-state index contributed by atoms with van der Waals surface area (Å²) >= 11 is 0. The van der Waals surface area contributed by atoms with E-state index in [9.17, 15) is 19.3 Å². The van der Waals surface area contributed by atoms with E-state index in [1.54, 1.807) is 6.92 Å². The van der Waals surface area contributed by atoms with Gasteiger partial charge < -0.3 is 0 Å². The number of benzene rings is 1. The highest BCUT2D eigenvalue weighted by atomic mass is 19.1. The zero-order chi connectivity index (χ0) is 11.4. The Balaban J connectivity index is 3.06. The molecule has 0 amide bonds. The molecule has 0 radical (unpaired) electrons. The van der Waals surface area contributed by atoms with Crippen molar-refractivity contribution in [3.63, 3.8) is 0 Å². The van der Waals surface area contributed by atoms with Gasteiger partial charge in [0, 0.05) is 18.4 Å². The summed E-state index contributed by atoms with van der Waals surface area (Å²) in [4.78, 5) is 21.0. The fourth-order valence-electron chi connectivity index (χ4n) is 1.19. The van der Waals surface area contributed by atoms with Crippen molar-refractivity contribution in [2.24, 2.45) is 0 Å². The van der Waals surface area contributed by atoms with E-state index in [4.69, 9.17) is 0 Å². The molecule has 0 saturated carbocycles. The Morgan fingerprint density at radius 3 is 2.73 bits per heavy atom. The standard InChI is InChI=1S/C10H10FNO3/c1-2-9(13)5-7-3-4-8(11)6-10(7)12(14)15/h3-4,6H,2,5H2,1H3. The minimum absolute atomic E-state index is 0.0207. The Hall–Kier alpha value is -1.78. The van der Waals surface area contributed by atoms with Gasteiger partial charge in [0.05, 0.1) is 11.0 Å². The quantitative estimate of drug-likeness (QED) is 0.566. The monoisotopic (exact) mass is 211 g/mol. The summed E-state index contributed by atoms with van der Waals surface area (Å²) in [6, 6.07) is 3.23. The van der Waals surface area contributed by atoms with Gasteiger partial charge in [0.1, 0.15) is 11.6 Å². The predicted molar refractivity (Wildman–Crippen MR) is 52.1 cm³/mol. The Kier molecular flexibility index (Phi) is 3.49. The third kappa shape index (κ3) is 2.83. The molecule has 0 spiro atoms. The molecule has 0 unspecified atom stereocenters. The fourth-order valence-corrected chi connectivity index (χ4v) is 1.19. The number of rotatable bonds is 4. The molecule has 0 aliphatic heterocycles. The zero-order valence-corrected chi connectivity index (χ0v) is 8.20. The van der Waals surface area contributed by atoms with Gasteiger partial charge in [-0.25, -0.2) is 4.39 Å². The van der Waals surface area contributed by atoms with Crippen LogP contribution in [0.3, 0.4) is 0 Å². The second-order valence-electron chi connectivity index (χ2n) is 3.10. The van der Waals surface area contributed by atoms with Gasteiger partial charge in [0.15, 0.2) is 0 Å². The summed E-state index contributed by atoms with van der Waals surface area (Å²) in [6.07, 6.45) is 0.293. The molecule has 0 N–H and O–H groups in total. The lowest BCUT2D eigenvalue weighted by Gasteiger charge is -2.01. The third-order valence-corrected chi connectivity index (χ3v) is 2.03. The highest BCUT2D eigenvalue weighted by Crippen LogP contribution is 2.20. The molecule has 0 atom stereocenters. The number of halogens is 1. The topological polar surface area (TPSA) is 60.2 Å². The van der Waals surface area contributed by atoms with Crippen molar-refractivity contribution in [2.75, 3.05) is 0 Å². The first-order chi connectivity index (χ1) is 7.04. The lowest BCUT2D eigenvalue weighted by Crippen LogP contribution is -2.04. The molecular weight excluding hydrogens is 201 g/mol. The molecule has 1 rings (SSSR count). The molecule has 0 bridgehead atoms. The maximum atomic E-state index is 12.7. The highest BCUT2D eigenvalue weighted by Gasteiger charge is 2.16. The number of nitro benzene ring substituents is 1. The summed E-state index contributed by atoms with van der Waals surface area (Å²) in [6.45, 7) is 1.68. The minimum atomic E-state index is -0.679. The second kappa shape index (κ2) is 4.63. The molecule has 15 heavy (non-hydrogen) atoms. The summed E-state index contributed by atoms with van der Waals surface area (Å²) in [5.74, 6) is -0.779. The fraction of sp³-hybridized carbons (Fsp3) is 0.300. The molecule has 0 aliphatic carbocycles. The van der Waals surface area contributed by atoms with Gasteiger partial charge in [0.2, 0.25) is 0 Å². The van der Waals surface area contributed by atoms with E-state index >= 15 is 0 Å². The van der Waals surface area contributed by atoms with E-state index in [-0.39, 0.29) is 23.5 Å². The largest absolute Gasteiger partial charge is 0.299 e. The summed E-state index contributed by atoms with van der Waals surface area (Å²) in [5, 5.41) is 10.6. The average molecular weight is 211 g/mol. The Morgan fingerprint density at radius 2 is 2.20 bits per heavy atom. The first kappa shape index (κ1) is 11.3. The van der Waals surface area contributed by atoms with Gasteiger partial charge in [-0.05, 0) is 12.1 Å². The van der Waals surface area contributed by atoms with Crippen molar-refractivity contribution in [2.45, 2.75) is 19.8 Å². The van der Waals surface area contributed by atoms with Crippen LogP contribution in [-0.4, -0.2) is 10.7 Å². The van der Waals surface area contributed by atoms with E-state index in [1.807, 2.05) is 0 Å². The van der Waals surface area contributed by atoms with Crippen LogP contribution in [0, 0.1) is 15.9 Å². The second-order valence-corrected chi connectivity index (χ2v) is 3.10. The molecule has 5 heteroatoms. The van der Waals surface area contributed by atoms with Crippen LogP contribution in [0.4, 0.5) is 10.1 Å². The average Bonchev–Trinajstić information content (AvgIpc) is 2.20. The molecule has 4 nitrogen and oxygen atoms in total. The summed E-state index contributed by atoms with van der Waals surface area (Å²) < 4.78 is 12.7. The maximum absolute atomic E-state index is 12.7. The summed E-state index contributed by atoms with van der Waals surface area (Å²) in [7, 11) is 0. The van der Waals surface area contributed by atoms with Crippen LogP contribution in [0.2, 0.25) is 0 Å². The number of hydrogen-bond acceptors (Lipinski definition) is 3. The summed E-state index contributed by atoms with van der Waals surface area (Å²) in [5.41, 5.74) is -0.0787. The molecule has 0 aliphatic rings. The van der Waals surface area contributed by atoms with Gasteiger partial charge in [-0.15, -0.1) is 0 Å². The lowest BCUT2D eigenvalue weighted by atomic mass is 10.1. The molecule has 1 aromatic carbocycles. The minimum Gasteiger partial charge on any atom is -0.299 e. The van der Waals surface area contributed by atoms with Gasteiger partial charge in [-0.3, -0.25) is 14.9 Å². The Morgan fingerprint density at radius 1 is 1.53 bits per heavy atom. The normalized spacial score (nSPS) is 10.0. The van der Waals surface area contributed by atoms with E-state index in [2.05, 4.69) is 0 Å². The number of ketones is 1. The van der Waals surface area contributed by atoms with Gasteiger partial charge in [-0.2, -0.15) is 0 Å². The van der Waals surface area contributed by atoms with Crippen LogP contribution < -0.4 is 0 Å². The smallest absolute Gasteiger partial charge is 0.275 e. The first-order valence-corrected chi connectivity index (χ1v) is 4.49. The molecule has 0 fully saturated rings. The van der Waals surface area contributed by atoms with Crippen molar-refractivity contribution in [1.82, 2.24) is 0 Å². The van der Waals surface area contributed by atoms with E-state index < -0.39 is 10.7 Å². The zero-order valence-electron chi connectivity index (χ0n) is 8.20. The van der Waals surface area contributed by atoms with Crippen LogP contribution in [0.25, 0.3) is 0 Å². The van der Waals surface area contributed by atoms with Crippen LogP contribution >= 0.6 is 0 Å². The van der Waals surface area contributed by atoms with Crippen molar-refractivity contribution in [1.29, 1.82) is 0 Å². The number of nitrogens with zero attached hydrogens (tertiary/aromatic N) is 1. The van der Waals surface area contributed by atoms with E-state index in [0.717, 1.165) is 12.1 Å². The first-order valence-electron chi connectivity index (χ1n) is 4.49. The van der Waals surface area contributed by atoms with Crippen molar-refractivity contribution in [3.8, 4) is 0 Å². The maximum Gasteiger partial charge on any atom is 0.275 e. The van der Waals surface area contributed by atoms with Gasteiger partial charge in [-0.1, -0.05) is 6.92 Å². The Labute approximate surface area is 85.9 Å². The van der Waals surface area contributed by atoms with Crippen molar-refractivity contribution < 1.29 is 14.1 Å². The van der Waals surface area contributed by atoms with Crippen LogP contribution in [-0.2, 0) is 11.2 Å². The van der Waals surface area contributed by atoms with E-state index in [0.29, 0.717) is 6.42 Å². The van der Waals surface area contributed by atoms with Crippen molar-refractivity contribution in [3.05, 3.63) is 39.7 Å². The number of hydrogen-bond donors (Lipinski definition) is 0. The number of Topliss-reactive ketones (excluding diaryl/α,β-unsaturated/α-hetero) is 1. The number of nitro groups is 1. The molecule has 0 heterocycles. The molecule has 0 saturated heterocycles. The number of carbonyl (C=O) groups is 1. The van der Waals surface area contributed by atoms with Crippen LogP contribution in [0.5, 0.6) is 0 Å². The third-order valence-electron chi connectivity index (χ3n) is 2.03. The Bertz CT molecular complexity index is 404. The molecular formula is C10H10FNO3. The van der Waals surface area contributed by atoms with Crippen LogP contribution in [0.15, 0.2) is 18.2 Å². The van der Waals surface area contributed by atoms with Crippen LogP contribution in [0.1, 0.15) is 18.9 Å². The molecule has 80 valence electrons. The van der Waals surface area contributed by atoms with Crippen molar-refractivity contribution >= 4 is 11.5 Å². The lowest BCUT2D eigenvalue weighted by molar-refractivity contribution is -0.385. The number of carbonyl (C=O) groups excluding carboxylic acids is 1. The highest BCUT2D eigenvalue weighted by molar-refractivity contribution is 5.81. The molecule has 1 aromatic rings. The van der Waals surface area contributed by atoms with Gasteiger partial charge in [0.25, 0.3) is 5.69 Å². The molecule has 0 aromatic heterocycles. The van der Waals surface area contributed by atoms with Gasteiger partial charge >= 0.3 is 0 Å². The van der Waals surface area contributed by atoms with E-state index in [1.165, 1.54) is 6.07 Å².